The van der Waals surface area contributed by atoms with Crippen LogP contribution < -0.4 is 10.1 Å². The molecule has 0 saturated heterocycles. The molecule has 0 heterocycles. The standard InChI is InChI=1S/C11H14FNO2/c1-3-15-8-4-5-9(10(12)6-8)11(14)7-13-2/h4-6,13H,3,7H2,1-2H3. The van der Waals surface area contributed by atoms with Gasteiger partial charge in [0.1, 0.15) is 11.6 Å². The van der Waals surface area contributed by atoms with E-state index in [1.165, 1.54) is 12.1 Å². The second-order valence-corrected chi connectivity index (χ2v) is 3.03. The predicted molar refractivity (Wildman–Crippen MR) is 55.8 cm³/mol. The van der Waals surface area contributed by atoms with Crippen LogP contribution in [0.3, 0.4) is 0 Å². The van der Waals surface area contributed by atoms with Crippen LogP contribution >= 0.6 is 0 Å². The van der Waals surface area contributed by atoms with Gasteiger partial charge in [-0.05, 0) is 26.1 Å². The topological polar surface area (TPSA) is 38.3 Å². The van der Waals surface area contributed by atoms with Gasteiger partial charge in [-0.25, -0.2) is 4.39 Å². The summed E-state index contributed by atoms with van der Waals surface area (Å²) in [6, 6.07) is 4.27. The van der Waals surface area contributed by atoms with Crippen molar-refractivity contribution in [2.75, 3.05) is 20.2 Å². The molecule has 82 valence electrons. The Morgan fingerprint density at radius 2 is 2.27 bits per heavy atom. The molecule has 1 rings (SSSR count). The molecule has 0 aliphatic carbocycles. The van der Waals surface area contributed by atoms with E-state index in [0.29, 0.717) is 12.4 Å². The van der Waals surface area contributed by atoms with Crippen LogP contribution in [0.2, 0.25) is 0 Å². The Labute approximate surface area is 88.2 Å². The molecule has 0 fully saturated rings. The summed E-state index contributed by atoms with van der Waals surface area (Å²) in [5, 5.41) is 2.69. The van der Waals surface area contributed by atoms with Crippen molar-refractivity contribution in [3.63, 3.8) is 0 Å². The molecule has 1 aromatic carbocycles. The van der Waals surface area contributed by atoms with Crippen molar-refractivity contribution in [3.05, 3.63) is 29.6 Å². The predicted octanol–water partition coefficient (Wildman–Crippen LogP) is 1.63. The quantitative estimate of drug-likeness (QED) is 0.752. The molecule has 0 radical (unpaired) electrons. The molecule has 0 aliphatic rings. The van der Waals surface area contributed by atoms with Crippen LogP contribution in [0.25, 0.3) is 0 Å². The first-order chi connectivity index (χ1) is 7.19. The maximum absolute atomic E-state index is 13.4. The summed E-state index contributed by atoms with van der Waals surface area (Å²) in [5.41, 5.74) is 0.0906. The lowest BCUT2D eigenvalue weighted by atomic mass is 10.1. The number of nitrogens with one attached hydrogen (secondary N) is 1. The second-order valence-electron chi connectivity index (χ2n) is 3.03. The number of carbonyl (C=O) groups is 1. The minimum absolute atomic E-state index is 0.0906. The van der Waals surface area contributed by atoms with E-state index < -0.39 is 5.82 Å². The fourth-order valence-electron chi connectivity index (χ4n) is 1.23. The molecule has 0 unspecified atom stereocenters. The molecule has 0 bridgehead atoms. The van der Waals surface area contributed by atoms with Crippen molar-refractivity contribution in [2.45, 2.75) is 6.92 Å². The van der Waals surface area contributed by atoms with Crippen molar-refractivity contribution in [1.82, 2.24) is 5.32 Å². The molecule has 1 aromatic rings. The lowest BCUT2D eigenvalue weighted by molar-refractivity contribution is 0.0989. The van der Waals surface area contributed by atoms with Gasteiger partial charge in [0.05, 0.1) is 18.7 Å². The van der Waals surface area contributed by atoms with E-state index in [1.54, 1.807) is 13.1 Å². The minimum atomic E-state index is -0.541. The van der Waals surface area contributed by atoms with Crippen molar-refractivity contribution in [1.29, 1.82) is 0 Å². The fraction of sp³-hybridized carbons (Fsp3) is 0.364. The first-order valence-electron chi connectivity index (χ1n) is 4.79. The third-order valence-electron chi connectivity index (χ3n) is 1.89. The second kappa shape index (κ2) is 5.46. The van der Waals surface area contributed by atoms with Crippen LogP contribution in [0.15, 0.2) is 18.2 Å². The van der Waals surface area contributed by atoms with E-state index >= 15 is 0 Å². The largest absolute Gasteiger partial charge is 0.494 e. The number of halogens is 1. The van der Waals surface area contributed by atoms with Crippen LogP contribution in [0, 0.1) is 5.82 Å². The third-order valence-corrected chi connectivity index (χ3v) is 1.89. The maximum atomic E-state index is 13.4. The van der Waals surface area contributed by atoms with Gasteiger partial charge in [0.2, 0.25) is 0 Å². The summed E-state index contributed by atoms with van der Waals surface area (Å²) in [5.74, 6) is -0.366. The Bertz CT molecular complexity index is 352. The highest BCUT2D eigenvalue weighted by Gasteiger charge is 2.11. The number of ketones is 1. The summed E-state index contributed by atoms with van der Waals surface area (Å²) in [7, 11) is 1.64. The van der Waals surface area contributed by atoms with Crippen LogP contribution in [0.5, 0.6) is 5.75 Å². The number of ether oxygens (including phenoxy) is 1. The molecule has 0 amide bonds. The van der Waals surface area contributed by atoms with Crippen molar-refractivity contribution < 1.29 is 13.9 Å². The van der Waals surface area contributed by atoms with Crippen LogP contribution in [0.1, 0.15) is 17.3 Å². The minimum Gasteiger partial charge on any atom is -0.494 e. The zero-order valence-corrected chi connectivity index (χ0v) is 8.84. The highest BCUT2D eigenvalue weighted by atomic mass is 19.1. The average molecular weight is 211 g/mol. The van der Waals surface area contributed by atoms with Gasteiger partial charge in [0.15, 0.2) is 5.78 Å². The molecule has 15 heavy (non-hydrogen) atoms. The first-order valence-corrected chi connectivity index (χ1v) is 4.79. The Morgan fingerprint density at radius 3 is 2.80 bits per heavy atom. The zero-order valence-electron chi connectivity index (χ0n) is 8.84. The van der Waals surface area contributed by atoms with Gasteiger partial charge in [0.25, 0.3) is 0 Å². The number of hydrogen-bond donors (Lipinski definition) is 1. The number of likely N-dealkylation sites (N-methyl/N-ethyl adjacent to an activating group) is 1. The van der Waals surface area contributed by atoms with Gasteiger partial charge in [-0.2, -0.15) is 0 Å². The van der Waals surface area contributed by atoms with Crippen molar-refractivity contribution in [3.8, 4) is 5.75 Å². The number of carbonyl (C=O) groups excluding carboxylic acids is 1. The lowest BCUT2D eigenvalue weighted by Gasteiger charge is -2.05. The van der Waals surface area contributed by atoms with Gasteiger partial charge in [0, 0.05) is 6.07 Å². The van der Waals surface area contributed by atoms with E-state index in [4.69, 9.17) is 4.74 Å². The zero-order chi connectivity index (χ0) is 11.3. The highest BCUT2D eigenvalue weighted by Crippen LogP contribution is 2.16. The van der Waals surface area contributed by atoms with E-state index in [-0.39, 0.29) is 17.9 Å². The lowest BCUT2D eigenvalue weighted by Crippen LogP contribution is -2.19. The third kappa shape index (κ3) is 3.02. The molecular weight excluding hydrogens is 197 g/mol. The van der Waals surface area contributed by atoms with Crippen LogP contribution in [-0.2, 0) is 0 Å². The summed E-state index contributed by atoms with van der Waals surface area (Å²) in [4.78, 5) is 11.4. The molecule has 1 N–H and O–H groups in total. The molecule has 4 heteroatoms. The van der Waals surface area contributed by atoms with Gasteiger partial charge in [-0.3, -0.25) is 4.79 Å². The summed E-state index contributed by atoms with van der Waals surface area (Å²) in [6.45, 7) is 2.42. The van der Waals surface area contributed by atoms with E-state index in [0.717, 1.165) is 0 Å². The Morgan fingerprint density at radius 1 is 1.53 bits per heavy atom. The summed E-state index contributed by atoms with van der Waals surface area (Å²) >= 11 is 0. The molecular formula is C11H14FNO2. The van der Waals surface area contributed by atoms with Gasteiger partial charge < -0.3 is 10.1 Å². The van der Waals surface area contributed by atoms with Crippen LogP contribution in [0.4, 0.5) is 4.39 Å². The fourth-order valence-corrected chi connectivity index (χ4v) is 1.23. The first kappa shape index (κ1) is 11.7. The van der Waals surface area contributed by atoms with Crippen molar-refractivity contribution >= 4 is 5.78 Å². The van der Waals surface area contributed by atoms with Gasteiger partial charge >= 0.3 is 0 Å². The number of Topliss-reactive ketones (excluding diaryl/α,β-unsaturated/α-hetero) is 1. The van der Waals surface area contributed by atoms with Gasteiger partial charge in [-0.1, -0.05) is 0 Å². The van der Waals surface area contributed by atoms with E-state index in [2.05, 4.69) is 5.32 Å². The normalized spacial score (nSPS) is 10.1. The average Bonchev–Trinajstić information content (AvgIpc) is 2.18. The van der Waals surface area contributed by atoms with Crippen LogP contribution in [-0.4, -0.2) is 26.0 Å². The Hall–Kier alpha value is -1.42. The number of rotatable bonds is 5. The monoisotopic (exact) mass is 211 g/mol. The Kier molecular flexibility index (Phi) is 4.24. The molecule has 0 atom stereocenters. The molecule has 0 spiro atoms. The summed E-state index contributed by atoms with van der Waals surface area (Å²) < 4.78 is 18.5. The van der Waals surface area contributed by atoms with E-state index in [9.17, 15) is 9.18 Å². The molecule has 0 aromatic heterocycles. The van der Waals surface area contributed by atoms with Crippen molar-refractivity contribution in [2.24, 2.45) is 0 Å². The smallest absolute Gasteiger partial charge is 0.179 e. The number of benzene rings is 1. The summed E-state index contributed by atoms with van der Waals surface area (Å²) in [6.07, 6.45) is 0. The molecule has 0 aliphatic heterocycles. The van der Waals surface area contributed by atoms with Gasteiger partial charge in [-0.15, -0.1) is 0 Å². The Balaban J connectivity index is 2.87. The highest BCUT2D eigenvalue weighted by molar-refractivity contribution is 5.97. The number of hydrogen-bond acceptors (Lipinski definition) is 3. The molecule has 0 saturated carbocycles. The maximum Gasteiger partial charge on any atom is 0.179 e. The SMILES string of the molecule is CCOc1ccc(C(=O)CNC)c(F)c1. The van der Waals surface area contributed by atoms with E-state index in [1.807, 2.05) is 6.92 Å². The molecule has 3 nitrogen and oxygen atoms in total.